The average molecular weight is 358 g/mol. The van der Waals surface area contributed by atoms with Crippen LogP contribution in [0.15, 0.2) is 44.9 Å². The fourth-order valence-corrected chi connectivity index (χ4v) is 2.98. The molecule has 25 heavy (non-hydrogen) atoms. The molecule has 0 fully saturated rings. The third kappa shape index (κ3) is 3.63. The van der Waals surface area contributed by atoms with Crippen LogP contribution in [0.4, 0.5) is 5.69 Å². The van der Waals surface area contributed by atoms with Crippen molar-refractivity contribution in [1.82, 2.24) is 15.1 Å². The summed E-state index contributed by atoms with van der Waals surface area (Å²) in [5, 5.41) is 8.99. The average Bonchev–Trinajstić information content (AvgIpc) is 3.26. The number of nitrogens with one attached hydrogen (secondary N) is 1. The van der Waals surface area contributed by atoms with Crippen LogP contribution in [-0.2, 0) is 11.3 Å². The second-order valence-corrected chi connectivity index (χ2v) is 6.65. The van der Waals surface area contributed by atoms with Crippen molar-refractivity contribution in [3.63, 3.8) is 0 Å². The minimum Gasteiger partial charge on any atom is -0.460 e. The van der Waals surface area contributed by atoms with Gasteiger partial charge in [0.1, 0.15) is 23.2 Å². The van der Waals surface area contributed by atoms with E-state index in [0.29, 0.717) is 18.0 Å². The molecule has 3 rings (SSSR count). The van der Waals surface area contributed by atoms with Crippen LogP contribution in [0.2, 0.25) is 0 Å². The number of carbonyl (C=O) groups is 1. The molecular weight excluding hydrogens is 340 g/mol. The highest BCUT2D eigenvalue weighted by molar-refractivity contribution is 7.09. The van der Waals surface area contributed by atoms with Crippen LogP contribution in [0.25, 0.3) is 11.5 Å². The van der Waals surface area contributed by atoms with Crippen LogP contribution in [0.5, 0.6) is 0 Å². The van der Waals surface area contributed by atoms with Gasteiger partial charge in [0.05, 0.1) is 6.54 Å². The van der Waals surface area contributed by atoms with E-state index >= 15 is 0 Å². The van der Waals surface area contributed by atoms with Crippen molar-refractivity contribution in [2.45, 2.75) is 26.4 Å². The molecule has 0 radical (unpaired) electrons. The number of hydrogen-bond acceptors (Lipinski definition) is 6. The molecule has 3 N–H and O–H groups in total. The lowest BCUT2D eigenvalue weighted by Gasteiger charge is -2.15. The van der Waals surface area contributed by atoms with Gasteiger partial charge in [-0.25, -0.2) is 4.68 Å². The number of furan rings is 1. The summed E-state index contributed by atoms with van der Waals surface area (Å²) in [6.45, 7) is 3.82. The van der Waals surface area contributed by atoms with Gasteiger partial charge >= 0.3 is 0 Å². The van der Waals surface area contributed by atoms with Gasteiger partial charge in [0.2, 0.25) is 5.91 Å². The first-order chi connectivity index (χ1) is 12.0. The second kappa shape index (κ2) is 6.94. The first-order valence-electron chi connectivity index (χ1n) is 7.72. The van der Waals surface area contributed by atoms with Crippen LogP contribution in [0.3, 0.4) is 0 Å². The number of carbonyl (C=O) groups excluding carboxylic acids is 1. The maximum absolute atomic E-state index is 12.4. The molecule has 0 spiro atoms. The zero-order valence-electron chi connectivity index (χ0n) is 13.9. The van der Waals surface area contributed by atoms with Crippen molar-refractivity contribution < 1.29 is 9.21 Å². The van der Waals surface area contributed by atoms with E-state index in [-0.39, 0.29) is 11.6 Å². The normalized spacial score (nSPS) is 12.1. The van der Waals surface area contributed by atoms with E-state index in [1.165, 1.54) is 6.07 Å². The van der Waals surface area contributed by atoms with Crippen LogP contribution in [0, 0.1) is 6.92 Å². The molecule has 1 amide bonds. The van der Waals surface area contributed by atoms with Gasteiger partial charge in [-0.3, -0.25) is 9.59 Å². The van der Waals surface area contributed by atoms with Crippen molar-refractivity contribution in [3.8, 4) is 11.5 Å². The van der Waals surface area contributed by atoms with Gasteiger partial charge in [-0.1, -0.05) is 6.07 Å². The number of nitrogens with two attached hydrogens (primary N) is 1. The molecule has 0 aliphatic rings. The maximum Gasteiger partial charge on any atom is 0.290 e. The Balaban J connectivity index is 1.86. The van der Waals surface area contributed by atoms with Crippen LogP contribution in [0.1, 0.15) is 23.6 Å². The zero-order valence-corrected chi connectivity index (χ0v) is 14.7. The summed E-state index contributed by atoms with van der Waals surface area (Å²) in [4.78, 5) is 25.7. The third-order valence-electron chi connectivity index (χ3n) is 3.72. The highest BCUT2D eigenvalue weighted by Gasteiger charge is 2.20. The monoisotopic (exact) mass is 358 g/mol. The van der Waals surface area contributed by atoms with Gasteiger partial charge in [-0.2, -0.15) is 5.10 Å². The minimum atomic E-state index is -0.800. The zero-order chi connectivity index (χ0) is 18.0. The van der Waals surface area contributed by atoms with Crippen LogP contribution in [-0.4, -0.2) is 15.7 Å². The van der Waals surface area contributed by atoms with E-state index in [2.05, 4.69) is 10.4 Å². The molecule has 3 aromatic rings. The molecule has 1 atom stereocenters. The lowest BCUT2D eigenvalue weighted by atomic mass is 10.2. The third-order valence-corrected chi connectivity index (χ3v) is 4.60. The summed E-state index contributed by atoms with van der Waals surface area (Å²) in [7, 11) is 0. The summed E-state index contributed by atoms with van der Waals surface area (Å²) in [5.74, 6) is 0.897. The Labute approximate surface area is 148 Å². The van der Waals surface area contributed by atoms with E-state index < -0.39 is 11.6 Å². The van der Waals surface area contributed by atoms with Crippen molar-refractivity contribution >= 4 is 22.9 Å². The molecule has 1 unspecified atom stereocenters. The molecule has 130 valence electrons. The highest BCUT2D eigenvalue weighted by Crippen LogP contribution is 2.20. The smallest absolute Gasteiger partial charge is 0.290 e. The molecule has 0 bridgehead atoms. The van der Waals surface area contributed by atoms with Gasteiger partial charge in [0, 0.05) is 4.88 Å². The number of rotatable bonds is 5. The summed E-state index contributed by atoms with van der Waals surface area (Å²) in [6.07, 6.45) is 0. The Morgan fingerprint density at radius 2 is 2.24 bits per heavy atom. The number of amides is 1. The molecule has 0 aliphatic carbocycles. The number of nitrogens with zero attached hydrogens (tertiary/aromatic N) is 2. The Bertz CT molecular complexity index is 943. The number of hydrogen-bond donors (Lipinski definition) is 2. The lowest BCUT2D eigenvalue weighted by Crippen LogP contribution is -2.37. The minimum absolute atomic E-state index is 0.0111. The standard InChI is InChI=1S/C17H18N4O3S/c1-10-5-6-15(24-10)14-8-13(18)17(23)21(20-14)11(2)16(22)19-9-12-4-3-7-25-12/h3-8,11H,9,18H2,1-2H3,(H,19,22). The summed E-state index contributed by atoms with van der Waals surface area (Å²) in [5.41, 5.74) is 5.72. The first-order valence-corrected chi connectivity index (χ1v) is 8.60. The van der Waals surface area contributed by atoms with E-state index in [0.717, 1.165) is 15.3 Å². The number of aromatic nitrogens is 2. The fourth-order valence-electron chi connectivity index (χ4n) is 2.33. The van der Waals surface area contributed by atoms with Crippen molar-refractivity contribution in [2.24, 2.45) is 0 Å². The molecular formula is C17H18N4O3S. The summed E-state index contributed by atoms with van der Waals surface area (Å²) < 4.78 is 6.61. The Hall–Kier alpha value is -2.87. The number of anilines is 1. The highest BCUT2D eigenvalue weighted by atomic mass is 32.1. The molecule has 0 aromatic carbocycles. The van der Waals surface area contributed by atoms with E-state index in [4.69, 9.17) is 10.2 Å². The van der Waals surface area contributed by atoms with Crippen LogP contribution >= 0.6 is 11.3 Å². The number of thiophene rings is 1. The second-order valence-electron chi connectivity index (χ2n) is 5.62. The summed E-state index contributed by atoms with van der Waals surface area (Å²) in [6, 6.07) is 8.03. The summed E-state index contributed by atoms with van der Waals surface area (Å²) >= 11 is 1.55. The molecule has 3 aromatic heterocycles. The Morgan fingerprint density at radius 3 is 2.88 bits per heavy atom. The van der Waals surface area contributed by atoms with Crippen LogP contribution < -0.4 is 16.6 Å². The van der Waals surface area contributed by atoms with Crippen molar-refractivity contribution in [1.29, 1.82) is 0 Å². The molecule has 0 aliphatic heterocycles. The fraction of sp³-hybridized carbons (Fsp3) is 0.235. The molecule has 8 heteroatoms. The number of nitrogen functional groups attached to an aromatic ring is 1. The quantitative estimate of drug-likeness (QED) is 0.728. The maximum atomic E-state index is 12.4. The van der Waals surface area contributed by atoms with Gasteiger partial charge in [-0.15, -0.1) is 11.3 Å². The number of aryl methyl sites for hydroxylation is 1. The van der Waals surface area contributed by atoms with Gasteiger partial charge in [0.15, 0.2) is 5.76 Å². The predicted octanol–water partition coefficient (Wildman–Crippen LogP) is 2.33. The Morgan fingerprint density at radius 1 is 1.44 bits per heavy atom. The Kier molecular flexibility index (Phi) is 4.71. The topological polar surface area (TPSA) is 103 Å². The van der Waals surface area contributed by atoms with Gasteiger partial charge < -0.3 is 15.5 Å². The largest absolute Gasteiger partial charge is 0.460 e. The van der Waals surface area contributed by atoms with E-state index in [1.807, 2.05) is 24.4 Å². The molecule has 7 nitrogen and oxygen atoms in total. The molecule has 0 saturated carbocycles. The molecule has 3 heterocycles. The van der Waals surface area contributed by atoms with Gasteiger partial charge in [0.25, 0.3) is 5.56 Å². The molecule has 0 saturated heterocycles. The SMILES string of the molecule is Cc1ccc(-c2cc(N)c(=O)n(C(C)C(=O)NCc3cccs3)n2)o1. The predicted molar refractivity (Wildman–Crippen MR) is 96.2 cm³/mol. The van der Waals surface area contributed by atoms with Crippen molar-refractivity contribution in [2.75, 3.05) is 5.73 Å². The van der Waals surface area contributed by atoms with Gasteiger partial charge in [-0.05, 0) is 43.5 Å². The first kappa shape index (κ1) is 17.0. The van der Waals surface area contributed by atoms with Crippen molar-refractivity contribution in [3.05, 3.63) is 56.7 Å². The van der Waals surface area contributed by atoms with E-state index in [1.54, 1.807) is 30.4 Å². The lowest BCUT2D eigenvalue weighted by molar-refractivity contribution is -0.124. The van der Waals surface area contributed by atoms with E-state index in [9.17, 15) is 9.59 Å².